The Morgan fingerprint density at radius 2 is 1.90 bits per heavy atom. The average molecular weight is 274 g/mol. The van der Waals surface area contributed by atoms with Crippen LogP contribution in [0.1, 0.15) is 53.2 Å². The van der Waals surface area contributed by atoms with Crippen LogP contribution in [0.2, 0.25) is 0 Å². The molecule has 20 heavy (non-hydrogen) atoms. The van der Waals surface area contributed by atoms with E-state index in [9.17, 15) is 4.79 Å². The van der Waals surface area contributed by atoms with Crippen molar-refractivity contribution in [2.75, 3.05) is 0 Å². The minimum atomic E-state index is -0.178. The largest absolute Gasteiger partial charge is 0.343 e. The van der Waals surface area contributed by atoms with Gasteiger partial charge in [0.25, 0.3) is 5.91 Å². The highest BCUT2D eigenvalue weighted by Crippen LogP contribution is 2.10. The summed E-state index contributed by atoms with van der Waals surface area (Å²) in [7, 11) is 0. The van der Waals surface area contributed by atoms with Crippen LogP contribution in [0, 0.1) is 13.8 Å². The molecule has 0 aliphatic heterocycles. The summed E-state index contributed by atoms with van der Waals surface area (Å²) < 4.78 is 5.07. The molecule has 0 atom stereocenters. The maximum Gasteiger partial charge on any atom is 0.251 e. The van der Waals surface area contributed by atoms with E-state index in [0.29, 0.717) is 17.3 Å². The van der Waals surface area contributed by atoms with Gasteiger partial charge in [-0.3, -0.25) is 9.78 Å². The SMILES string of the molecule is Cc1cc(C(=O)NCc2nc(C(C)C)no2)cc(C)n1. The highest BCUT2D eigenvalue weighted by atomic mass is 16.5. The van der Waals surface area contributed by atoms with Crippen LogP contribution >= 0.6 is 0 Å². The molecule has 0 aromatic carbocycles. The Hall–Kier alpha value is -2.24. The normalized spacial score (nSPS) is 10.8. The molecule has 2 heterocycles. The van der Waals surface area contributed by atoms with Gasteiger partial charge in [0.05, 0.1) is 6.54 Å². The molecule has 0 bridgehead atoms. The number of amides is 1. The number of pyridine rings is 1. The number of hydrogen-bond donors (Lipinski definition) is 1. The number of carbonyl (C=O) groups is 1. The van der Waals surface area contributed by atoms with Crippen LogP contribution in [0.3, 0.4) is 0 Å². The second kappa shape index (κ2) is 5.81. The molecule has 2 rings (SSSR count). The molecule has 2 aromatic heterocycles. The lowest BCUT2D eigenvalue weighted by Gasteiger charge is -2.04. The van der Waals surface area contributed by atoms with E-state index in [4.69, 9.17) is 4.52 Å². The molecule has 6 nitrogen and oxygen atoms in total. The lowest BCUT2D eigenvalue weighted by atomic mass is 10.2. The molecule has 0 saturated carbocycles. The van der Waals surface area contributed by atoms with E-state index in [1.807, 2.05) is 27.7 Å². The predicted molar refractivity (Wildman–Crippen MR) is 73.3 cm³/mol. The Morgan fingerprint density at radius 1 is 1.25 bits per heavy atom. The van der Waals surface area contributed by atoms with Gasteiger partial charge in [0.2, 0.25) is 5.89 Å². The predicted octanol–water partition coefficient (Wildman–Crippen LogP) is 2.13. The summed E-state index contributed by atoms with van der Waals surface area (Å²) in [5.74, 6) is 1.07. The summed E-state index contributed by atoms with van der Waals surface area (Å²) >= 11 is 0. The summed E-state index contributed by atoms with van der Waals surface area (Å²) in [6.07, 6.45) is 0. The minimum Gasteiger partial charge on any atom is -0.343 e. The molecule has 1 N–H and O–H groups in total. The zero-order valence-corrected chi connectivity index (χ0v) is 12.1. The number of rotatable bonds is 4. The van der Waals surface area contributed by atoms with Crippen molar-refractivity contribution in [3.05, 3.63) is 40.8 Å². The van der Waals surface area contributed by atoms with Gasteiger partial charge >= 0.3 is 0 Å². The fraction of sp³-hybridized carbons (Fsp3) is 0.429. The van der Waals surface area contributed by atoms with Crippen molar-refractivity contribution in [2.24, 2.45) is 0 Å². The van der Waals surface area contributed by atoms with Crippen LogP contribution in [0.25, 0.3) is 0 Å². The first kappa shape index (κ1) is 14.2. The van der Waals surface area contributed by atoms with Crippen molar-refractivity contribution in [1.29, 1.82) is 0 Å². The average Bonchev–Trinajstić information content (AvgIpc) is 2.83. The molecule has 0 spiro atoms. The molecule has 6 heteroatoms. The van der Waals surface area contributed by atoms with Crippen molar-refractivity contribution < 1.29 is 9.32 Å². The first-order chi connectivity index (χ1) is 9.45. The molecule has 0 unspecified atom stereocenters. The third kappa shape index (κ3) is 3.40. The van der Waals surface area contributed by atoms with Gasteiger partial charge in [-0.05, 0) is 26.0 Å². The Kier molecular flexibility index (Phi) is 4.12. The van der Waals surface area contributed by atoms with E-state index in [-0.39, 0.29) is 18.4 Å². The maximum absolute atomic E-state index is 12.0. The summed E-state index contributed by atoms with van der Waals surface area (Å²) in [6.45, 7) is 7.90. The van der Waals surface area contributed by atoms with Gasteiger partial charge in [-0.1, -0.05) is 19.0 Å². The third-order valence-corrected chi connectivity index (χ3v) is 2.74. The molecular formula is C14H18N4O2. The summed E-state index contributed by atoms with van der Waals surface area (Å²) in [6, 6.07) is 3.49. The fourth-order valence-electron chi connectivity index (χ4n) is 1.80. The fourth-order valence-corrected chi connectivity index (χ4v) is 1.80. The van der Waals surface area contributed by atoms with E-state index in [0.717, 1.165) is 11.4 Å². The lowest BCUT2D eigenvalue weighted by Crippen LogP contribution is -2.23. The smallest absolute Gasteiger partial charge is 0.251 e. The van der Waals surface area contributed by atoms with Crippen LogP contribution in [0.15, 0.2) is 16.7 Å². The van der Waals surface area contributed by atoms with Crippen LogP contribution < -0.4 is 5.32 Å². The second-order valence-corrected chi connectivity index (χ2v) is 5.02. The molecule has 0 aliphatic carbocycles. The van der Waals surface area contributed by atoms with Crippen molar-refractivity contribution in [3.8, 4) is 0 Å². The molecule has 1 amide bonds. The number of carbonyl (C=O) groups excluding carboxylic acids is 1. The molecule has 2 aromatic rings. The van der Waals surface area contributed by atoms with Crippen LogP contribution in [0.4, 0.5) is 0 Å². The maximum atomic E-state index is 12.0. The zero-order chi connectivity index (χ0) is 14.7. The number of aryl methyl sites for hydroxylation is 2. The first-order valence-corrected chi connectivity index (χ1v) is 6.51. The van der Waals surface area contributed by atoms with Crippen molar-refractivity contribution in [2.45, 2.75) is 40.2 Å². The van der Waals surface area contributed by atoms with E-state index in [1.165, 1.54) is 0 Å². The number of nitrogens with zero attached hydrogens (tertiary/aromatic N) is 3. The van der Waals surface area contributed by atoms with Crippen LogP contribution in [0.5, 0.6) is 0 Å². The van der Waals surface area contributed by atoms with Gasteiger partial charge in [0, 0.05) is 22.9 Å². The third-order valence-electron chi connectivity index (χ3n) is 2.74. The lowest BCUT2D eigenvalue weighted by molar-refractivity contribution is 0.0946. The van der Waals surface area contributed by atoms with Crippen molar-refractivity contribution in [3.63, 3.8) is 0 Å². The molecule has 106 valence electrons. The number of nitrogens with one attached hydrogen (secondary N) is 1. The van der Waals surface area contributed by atoms with Crippen molar-refractivity contribution in [1.82, 2.24) is 20.4 Å². The Bertz CT molecular complexity index is 599. The Balaban J connectivity index is 2.00. The molecule has 0 radical (unpaired) electrons. The highest BCUT2D eigenvalue weighted by Gasteiger charge is 2.12. The monoisotopic (exact) mass is 274 g/mol. The van der Waals surface area contributed by atoms with E-state index < -0.39 is 0 Å². The highest BCUT2D eigenvalue weighted by molar-refractivity contribution is 5.94. The Morgan fingerprint density at radius 3 is 2.45 bits per heavy atom. The Labute approximate surface area is 117 Å². The van der Waals surface area contributed by atoms with Crippen molar-refractivity contribution >= 4 is 5.91 Å². The summed E-state index contributed by atoms with van der Waals surface area (Å²) in [4.78, 5) is 20.5. The van der Waals surface area contributed by atoms with Crippen LogP contribution in [-0.4, -0.2) is 21.0 Å². The van der Waals surface area contributed by atoms with Gasteiger partial charge in [0.15, 0.2) is 5.82 Å². The standard InChI is InChI=1S/C14H18N4O2/c1-8(2)13-17-12(20-18-13)7-15-14(19)11-5-9(3)16-10(4)6-11/h5-6,8H,7H2,1-4H3,(H,15,19). The molecule has 0 fully saturated rings. The van der Waals surface area contributed by atoms with Gasteiger partial charge in [-0.15, -0.1) is 0 Å². The zero-order valence-electron chi connectivity index (χ0n) is 12.1. The van der Waals surface area contributed by atoms with E-state index in [1.54, 1.807) is 12.1 Å². The number of hydrogen-bond acceptors (Lipinski definition) is 5. The first-order valence-electron chi connectivity index (χ1n) is 6.51. The second-order valence-electron chi connectivity index (χ2n) is 5.02. The summed E-state index contributed by atoms with van der Waals surface area (Å²) in [5.41, 5.74) is 2.21. The van der Waals surface area contributed by atoms with Gasteiger partial charge in [-0.25, -0.2) is 0 Å². The minimum absolute atomic E-state index is 0.178. The van der Waals surface area contributed by atoms with Gasteiger partial charge < -0.3 is 9.84 Å². The molecule has 0 aliphatic rings. The van der Waals surface area contributed by atoms with Gasteiger partial charge in [0.1, 0.15) is 0 Å². The van der Waals surface area contributed by atoms with Gasteiger partial charge in [-0.2, -0.15) is 4.98 Å². The number of aromatic nitrogens is 3. The summed E-state index contributed by atoms with van der Waals surface area (Å²) in [5, 5.41) is 6.61. The molecular weight excluding hydrogens is 256 g/mol. The topological polar surface area (TPSA) is 80.9 Å². The van der Waals surface area contributed by atoms with E-state index in [2.05, 4.69) is 20.4 Å². The van der Waals surface area contributed by atoms with E-state index >= 15 is 0 Å². The quantitative estimate of drug-likeness (QED) is 0.923. The van der Waals surface area contributed by atoms with Crippen LogP contribution in [-0.2, 0) is 6.54 Å². The molecule has 0 saturated heterocycles.